The Balaban J connectivity index is 1.75. The summed E-state index contributed by atoms with van der Waals surface area (Å²) in [6, 6.07) is 14.6. The largest absolute Gasteiger partial charge is 0.353 e. The van der Waals surface area contributed by atoms with Gasteiger partial charge in [0, 0.05) is 39.4 Å². The molecule has 1 atom stereocenters. The number of halogens is 2. The SMILES string of the molecule is Clc1ccc([C@H]2C[NH2+]C3(CCCC3)c3[nH]c4ccccc4c32)c(Cl)c1. The molecule has 0 bridgehead atoms. The van der Waals surface area contributed by atoms with Crippen LogP contribution in [0.2, 0.25) is 10.0 Å². The second kappa shape index (κ2) is 5.77. The molecule has 2 aliphatic rings. The summed E-state index contributed by atoms with van der Waals surface area (Å²) in [5.74, 6) is 0.294. The molecule has 1 fully saturated rings. The summed E-state index contributed by atoms with van der Waals surface area (Å²) in [5.41, 5.74) is 5.52. The predicted molar refractivity (Wildman–Crippen MR) is 104 cm³/mol. The topological polar surface area (TPSA) is 32.4 Å². The summed E-state index contributed by atoms with van der Waals surface area (Å²) in [4.78, 5) is 3.78. The second-order valence-corrected chi connectivity index (χ2v) is 8.32. The van der Waals surface area contributed by atoms with Crippen LogP contribution in [0.25, 0.3) is 10.9 Å². The number of rotatable bonds is 1. The minimum atomic E-state index is 0.226. The molecule has 5 rings (SSSR count). The minimum Gasteiger partial charge on any atom is -0.353 e. The summed E-state index contributed by atoms with van der Waals surface area (Å²) < 4.78 is 0. The fraction of sp³-hybridized carbons (Fsp3) is 0.333. The molecule has 2 nitrogen and oxygen atoms in total. The molecule has 2 aromatic carbocycles. The van der Waals surface area contributed by atoms with Crippen molar-refractivity contribution in [3.63, 3.8) is 0 Å². The molecule has 3 aromatic rings. The van der Waals surface area contributed by atoms with Crippen LogP contribution in [-0.2, 0) is 5.54 Å². The summed E-state index contributed by atoms with van der Waals surface area (Å²) in [5, 5.41) is 5.37. The van der Waals surface area contributed by atoms with Gasteiger partial charge in [-0.25, -0.2) is 0 Å². The molecule has 1 aliphatic carbocycles. The van der Waals surface area contributed by atoms with E-state index >= 15 is 0 Å². The van der Waals surface area contributed by atoms with Crippen LogP contribution in [0.3, 0.4) is 0 Å². The summed E-state index contributed by atoms with van der Waals surface area (Å²) in [6.45, 7) is 1.04. The second-order valence-electron chi connectivity index (χ2n) is 7.48. The first-order valence-electron chi connectivity index (χ1n) is 9.08. The first-order valence-corrected chi connectivity index (χ1v) is 9.84. The van der Waals surface area contributed by atoms with Gasteiger partial charge in [0.1, 0.15) is 5.54 Å². The van der Waals surface area contributed by atoms with Gasteiger partial charge in [0.2, 0.25) is 0 Å². The van der Waals surface area contributed by atoms with E-state index in [0.717, 1.165) is 11.6 Å². The van der Waals surface area contributed by atoms with Gasteiger partial charge in [-0.05, 0) is 36.6 Å². The molecule has 0 saturated heterocycles. The van der Waals surface area contributed by atoms with Gasteiger partial charge in [0.15, 0.2) is 0 Å². The molecule has 25 heavy (non-hydrogen) atoms. The Morgan fingerprint density at radius 3 is 2.64 bits per heavy atom. The molecule has 2 heterocycles. The quantitative estimate of drug-likeness (QED) is 0.606. The highest BCUT2D eigenvalue weighted by atomic mass is 35.5. The van der Waals surface area contributed by atoms with Crippen molar-refractivity contribution in [2.45, 2.75) is 37.1 Å². The van der Waals surface area contributed by atoms with E-state index in [0.29, 0.717) is 10.9 Å². The Labute approximate surface area is 157 Å². The number of nitrogens with two attached hydrogens (primary N) is 1. The van der Waals surface area contributed by atoms with E-state index < -0.39 is 0 Å². The average Bonchev–Trinajstić information content (AvgIpc) is 3.22. The highest BCUT2D eigenvalue weighted by Gasteiger charge is 2.48. The lowest BCUT2D eigenvalue weighted by molar-refractivity contribution is -0.741. The maximum Gasteiger partial charge on any atom is 0.137 e. The van der Waals surface area contributed by atoms with Gasteiger partial charge in [-0.3, -0.25) is 0 Å². The van der Waals surface area contributed by atoms with Crippen LogP contribution in [0.1, 0.15) is 48.4 Å². The maximum atomic E-state index is 6.59. The maximum absolute atomic E-state index is 6.59. The van der Waals surface area contributed by atoms with Gasteiger partial charge in [0.05, 0.1) is 18.2 Å². The van der Waals surface area contributed by atoms with Crippen molar-refractivity contribution in [1.82, 2.24) is 4.98 Å². The van der Waals surface area contributed by atoms with Crippen molar-refractivity contribution < 1.29 is 5.32 Å². The molecule has 0 radical (unpaired) electrons. The molecule has 0 amide bonds. The zero-order valence-corrected chi connectivity index (χ0v) is 15.5. The molecule has 3 N–H and O–H groups in total. The van der Waals surface area contributed by atoms with Gasteiger partial charge in [-0.2, -0.15) is 0 Å². The van der Waals surface area contributed by atoms with Crippen LogP contribution in [-0.4, -0.2) is 11.5 Å². The molecule has 4 heteroatoms. The Kier molecular flexibility index (Phi) is 3.63. The Morgan fingerprint density at radius 2 is 1.84 bits per heavy atom. The summed E-state index contributed by atoms with van der Waals surface area (Å²) in [6.07, 6.45) is 5.15. The Hall–Kier alpha value is -1.48. The number of benzene rings is 2. The molecule has 1 aliphatic heterocycles. The van der Waals surface area contributed by atoms with Crippen LogP contribution in [0.5, 0.6) is 0 Å². The first-order chi connectivity index (χ1) is 12.2. The number of H-pyrrole nitrogens is 1. The summed E-state index contributed by atoms with van der Waals surface area (Å²) in [7, 11) is 0. The first kappa shape index (κ1) is 15.7. The number of hydrogen-bond acceptors (Lipinski definition) is 0. The van der Waals surface area contributed by atoms with Crippen LogP contribution >= 0.6 is 23.2 Å². The molecule has 0 unspecified atom stereocenters. The number of quaternary nitrogens is 1. The average molecular weight is 372 g/mol. The third kappa shape index (κ3) is 2.35. The lowest BCUT2D eigenvalue weighted by Gasteiger charge is -2.35. The van der Waals surface area contributed by atoms with Crippen molar-refractivity contribution in [3.8, 4) is 0 Å². The van der Waals surface area contributed by atoms with E-state index in [-0.39, 0.29) is 5.54 Å². The van der Waals surface area contributed by atoms with Crippen molar-refractivity contribution >= 4 is 34.1 Å². The number of nitrogens with one attached hydrogen (secondary N) is 1. The smallest absolute Gasteiger partial charge is 0.137 e. The molecule has 128 valence electrons. The number of fused-ring (bicyclic) bond motifs is 4. The van der Waals surface area contributed by atoms with E-state index in [1.807, 2.05) is 12.1 Å². The van der Waals surface area contributed by atoms with Crippen LogP contribution in [0.15, 0.2) is 42.5 Å². The van der Waals surface area contributed by atoms with Crippen molar-refractivity contribution in [2.24, 2.45) is 0 Å². The molecular formula is C21H21Cl2N2+. The monoisotopic (exact) mass is 371 g/mol. The minimum absolute atomic E-state index is 0.226. The van der Waals surface area contributed by atoms with Crippen molar-refractivity contribution in [3.05, 3.63) is 69.3 Å². The lowest BCUT2D eigenvalue weighted by atomic mass is 9.78. The Morgan fingerprint density at radius 1 is 1.04 bits per heavy atom. The normalized spacial score (nSPS) is 21.8. The van der Waals surface area contributed by atoms with Gasteiger partial charge < -0.3 is 10.3 Å². The van der Waals surface area contributed by atoms with Gasteiger partial charge in [0.25, 0.3) is 0 Å². The van der Waals surface area contributed by atoms with Crippen LogP contribution in [0, 0.1) is 0 Å². The van der Waals surface area contributed by atoms with E-state index in [4.69, 9.17) is 23.2 Å². The van der Waals surface area contributed by atoms with Crippen LogP contribution in [0.4, 0.5) is 0 Å². The molecule has 1 spiro atoms. The third-order valence-electron chi connectivity index (χ3n) is 6.17. The number of aromatic nitrogens is 1. The van der Waals surface area contributed by atoms with Gasteiger partial charge >= 0.3 is 0 Å². The fourth-order valence-corrected chi connectivity index (χ4v) is 5.55. The molecule has 1 aromatic heterocycles. The third-order valence-corrected chi connectivity index (χ3v) is 6.73. The van der Waals surface area contributed by atoms with Crippen molar-refractivity contribution in [2.75, 3.05) is 6.54 Å². The standard InChI is InChI=1S/C21H20Cl2N2/c22-13-7-8-14(17(23)11-13)16-12-24-21(9-3-4-10-21)20-19(16)15-5-1-2-6-18(15)25-20/h1-2,5-8,11,16,24-25H,3-4,9-10,12H2/p+1/t16-/m1/s1. The Bertz CT molecular complexity index is 954. The van der Waals surface area contributed by atoms with E-state index in [1.165, 1.54) is 53.4 Å². The zero-order valence-electron chi connectivity index (χ0n) is 14.0. The van der Waals surface area contributed by atoms with Crippen molar-refractivity contribution in [1.29, 1.82) is 0 Å². The predicted octanol–water partition coefficient (Wildman–Crippen LogP) is 4.95. The number of hydrogen-bond donors (Lipinski definition) is 2. The number of para-hydroxylation sites is 1. The molecular weight excluding hydrogens is 351 g/mol. The van der Waals surface area contributed by atoms with Gasteiger partial charge in [-0.1, -0.05) is 47.5 Å². The molecule has 1 saturated carbocycles. The van der Waals surface area contributed by atoms with E-state index in [9.17, 15) is 0 Å². The lowest BCUT2D eigenvalue weighted by Crippen LogP contribution is -2.96. The van der Waals surface area contributed by atoms with E-state index in [2.05, 4.69) is 40.6 Å². The highest BCUT2D eigenvalue weighted by molar-refractivity contribution is 6.35. The van der Waals surface area contributed by atoms with Gasteiger partial charge in [-0.15, -0.1) is 0 Å². The van der Waals surface area contributed by atoms with E-state index in [1.54, 1.807) is 0 Å². The number of aromatic amines is 1. The summed E-state index contributed by atoms with van der Waals surface area (Å²) >= 11 is 12.7. The zero-order chi connectivity index (χ0) is 17.0. The highest BCUT2D eigenvalue weighted by Crippen LogP contribution is 2.46. The fourth-order valence-electron chi connectivity index (χ4n) is 5.01. The van der Waals surface area contributed by atoms with Crippen LogP contribution < -0.4 is 5.32 Å².